The summed E-state index contributed by atoms with van der Waals surface area (Å²) in [5.74, 6) is -1.14. The maximum Gasteiger partial charge on any atom is 0.312 e. The number of halogens is 1. The van der Waals surface area contributed by atoms with Crippen LogP contribution in [0.1, 0.15) is 24.9 Å². The molecule has 0 aliphatic rings. The number of hydrogen-bond acceptors (Lipinski definition) is 4. The number of nitrogens with two attached hydrogens (primary N) is 1. The summed E-state index contributed by atoms with van der Waals surface area (Å²) >= 11 is 6.12. The molecule has 2 aromatic rings. The van der Waals surface area contributed by atoms with Gasteiger partial charge in [-0.3, -0.25) is 9.59 Å². The first-order chi connectivity index (χ1) is 12.9. The van der Waals surface area contributed by atoms with Crippen LogP contribution in [0, 0.1) is 0 Å². The van der Waals surface area contributed by atoms with E-state index in [1.807, 2.05) is 6.07 Å². The van der Waals surface area contributed by atoms with E-state index in [2.05, 4.69) is 10.6 Å². The smallest absolute Gasteiger partial charge is 0.312 e. The lowest BCUT2D eigenvalue weighted by atomic mass is 10.0. The molecule has 0 aliphatic carbocycles. The second-order valence-corrected chi connectivity index (χ2v) is 6.18. The molecule has 0 aliphatic heterocycles. The Morgan fingerprint density at radius 3 is 2.33 bits per heavy atom. The lowest BCUT2D eigenvalue weighted by Gasteiger charge is -2.20. The van der Waals surface area contributed by atoms with Crippen LogP contribution in [-0.2, 0) is 14.3 Å². The molecule has 2 aromatic carbocycles. The largest absolute Gasteiger partial charge is 0.452 e. The molecule has 4 N–H and O–H groups in total. The van der Waals surface area contributed by atoms with E-state index in [1.165, 1.54) is 6.92 Å². The predicted octanol–water partition coefficient (Wildman–Crippen LogP) is 3.01. The maximum atomic E-state index is 12.2. The summed E-state index contributed by atoms with van der Waals surface area (Å²) in [5.41, 5.74) is 6.30. The number of carbonyl (C=O) groups excluding carboxylic acids is 3. The number of esters is 1. The molecule has 0 unspecified atom stereocenters. The van der Waals surface area contributed by atoms with Crippen molar-refractivity contribution in [3.63, 3.8) is 0 Å². The first kappa shape index (κ1) is 20.3. The molecule has 3 amide bonds. The predicted molar refractivity (Wildman–Crippen MR) is 102 cm³/mol. The normalized spacial score (nSPS) is 12.5. The van der Waals surface area contributed by atoms with Gasteiger partial charge in [-0.1, -0.05) is 48.0 Å². The molecule has 2 rings (SSSR count). The Morgan fingerprint density at radius 2 is 1.70 bits per heavy atom. The third kappa shape index (κ3) is 6.31. The summed E-state index contributed by atoms with van der Waals surface area (Å²) in [6.45, 7) is 1.46. The quantitative estimate of drug-likeness (QED) is 0.632. The zero-order valence-electron chi connectivity index (χ0n) is 14.6. The number of rotatable bonds is 7. The zero-order valence-corrected chi connectivity index (χ0v) is 15.4. The van der Waals surface area contributed by atoms with E-state index < -0.39 is 30.1 Å². The van der Waals surface area contributed by atoms with Crippen molar-refractivity contribution in [1.82, 2.24) is 5.32 Å². The second-order valence-electron chi connectivity index (χ2n) is 5.77. The van der Waals surface area contributed by atoms with Crippen LogP contribution in [0.5, 0.6) is 0 Å². The minimum absolute atomic E-state index is 0.227. The fourth-order valence-electron chi connectivity index (χ4n) is 2.40. The van der Waals surface area contributed by atoms with Crippen LogP contribution >= 0.6 is 11.6 Å². The van der Waals surface area contributed by atoms with Crippen LogP contribution in [0.25, 0.3) is 0 Å². The van der Waals surface area contributed by atoms with E-state index in [9.17, 15) is 14.4 Å². The highest BCUT2D eigenvalue weighted by Crippen LogP contribution is 2.25. The van der Waals surface area contributed by atoms with Crippen molar-refractivity contribution in [3.05, 3.63) is 65.2 Å². The SMILES string of the molecule is C[C@@H](OC(=O)C[C@H](NC(N)=O)c1ccccc1Cl)C(=O)Nc1ccccc1. The lowest BCUT2D eigenvalue weighted by Crippen LogP contribution is -2.36. The monoisotopic (exact) mass is 389 g/mol. The summed E-state index contributed by atoms with van der Waals surface area (Å²) in [6.07, 6.45) is -1.24. The maximum absolute atomic E-state index is 12.2. The minimum Gasteiger partial charge on any atom is -0.452 e. The molecule has 0 bridgehead atoms. The molecule has 27 heavy (non-hydrogen) atoms. The summed E-state index contributed by atoms with van der Waals surface area (Å²) < 4.78 is 5.17. The summed E-state index contributed by atoms with van der Waals surface area (Å²) in [6, 6.07) is 14.0. The molecule has 2 atom stereocenters. The van der Waals surface area contributed by atoms with Gasteiger partial charge in [0.05, 0.1) is 12.5 Å². The topological polar surface area (TPSA) is 111 Å². The van der Waals surface area contributed by atoms with Gasteiger partial charge in [0, 0.05) is 10.7 Å². The van der Waals surface area contributed by atoms with Crippen LogP contribution < -0.4 is 16.4 Å². The molecule has 7 nitrogen and oxygen atoms in total. The summed E-state index contributed by atoms with van der Waals surface area (Å²) in [5, 5.41) is 5.48. The minimum atomic E-state index is -1.02. The van der Waals surface area contributed by atoms with E-state index in [4.69, 9.17) is 22.1 Å². The van der Waals surface area contributed by atoms with E-state index >= 15 is 0 Å². The fourth-order valence-corrected chi connectivity index (χ4v) is 2.67. The molecule has 8 heteroatoms. The highest BCUT2D eigenvalue weighted by molar-refractivity contribution is 6.31. The van der Waals surface area contributed by atoms with E-state index in [0.717, 1.165) is 0 Å². The van der Waals surface area contributed by atoms with Crippen LogP contribution in [0.15, 0.2) is 54.6 Å². The van der Waals surface area contributed by atoms with Gasteiger partial charge >= 0.3 is 12.0 Å². The van der Waals surface area contributed by atoms with Gasteiger partial charge in [-0.25, -0.2) is 4.79 Å². The van der Waals surface area contributed by atoms with Crippen LogP contribution in [0.2, 0.25) is 5.02 Å². The number of nitrogens with one attached hydrogen (secondary N) is 2. The molecule has 0 fully saturated rings. The number of urea groups is 1. The molecular formula is C19H20ClN3O4. The van der Waals surface area contributed by atoms with Crippen LogP contribution in [-0.4, -0.2) is 24.0 Å². The average molecular weight is 390 g/mol. The van der Waals surface area contributed by atoms with Crippen molar-refractivity contribution in [2.24, 2.45) is 5.73 Å². The van der Waals surface area contributed by atoms with Gasteiger partial charge in [-0.05, 0) is 30.7 Å². The number of carbonyl (C=O) groups is 3. The Labute approximate surface area is 161 Å². The van der Waals surface area contributed by atoms with Crippen LogP contribution in [0.4, 0.5) is 10.5 Å². The molecule has 0 heterocycles. The van der Waals surface area contributed by atoms with Crippen molar-refractivity contribution in [2.45, 2.75) is 25.5 Å². The molecule has 0 spiro atoms. The second kappa shape index (κ2) is 9.59. The Balaban J connectivity index is 1.99. The highest BCUT2D eigenvalue weighted by atomic mass is 35.5. The number of primary amides is 1. The molecule has 142 valence electrons. The first-order valence-electron chi connectivity index (χ1n) is 8.22. The van der Waals surface area contributed by atoms with E-state index in [-0.39, 0.29) is 6.42 Å². The van der Waals surface area contributed by atoms with Crippen molar-refractivity contribution >= 4 is 35.2 Å². The Hall–Kier alpha value is -3.06. The lowest BCUT2D eigenvalue weighted by molar-refractivity contribution is -0.153. The average Bonchev–Trinajstić information content (AvgIpc) is 2.62. The van der Waals surface area contributed by atoms with Gasteiger partial charge in [0.1, 0.15) is 0 Å². The standard InChI is InChI=1S/C19H20ClN3O4/c1-12(18(25)22-13-7-3-2-4-8-13)27-17(24)11-16(23-19(21)26)14-9-5-6-10-15(14)20/h2-10,12,16H,11H2,1H3,(H,22,25)(H3,21,23,26)/t12-,16+/m1/s1. The number of benzene rings is 2. The zero-order chi connectivity index (χ0) is 19.8. The van der Waals surface area contributed by atoms with Gasteiger partial charge in [0.2, 0.25) is 0 Å². The first-order valence-corrected chi connectivity index (χ1v) is 8.60. The highest BCUT2D eigenvalue weighted by Gasteiger charge is 2.24. The van der Waals surface area contributed by atoms with Gasteiger partial charge in [0.25, 0.3) is 5.91 Å². The summed E-state index contributed by atoms with van der Waals surface area (Å²) in [4.78, 5) is 35.6. The van der Waals surface area contributed by atoms with Crippen molar-refractivity contribution in [1.29, 1.82) is 0 Å². The van der Waals surface area contributed by atoms with E-state index in [0.29, 0.717) is 16.3 Å². The Morgan fingerprint density at radius 1 is 1.07 bits per heavy atom. The van der Waals surface area contributed by atoms with Gasteiger partial charge in [-0.2, -0.15) is 0 Å². The number of hydrogen-bond donors (Lipinski definition) is 3. The van der Waals surface area contributed by atoms with Crippen molar-refractivity contribution < 1.29 is 19.1 Å². The van der Waals surface area contributed by atoms with Crippen molar-refractivity contribution in [2.75, 3.05) is 5.32 Å². The summed E-state index contributed by atoms with van der Waals surface area (Å²) in [7, 11) is 0. The molecule has 0 saturated carbocycles. The third-order valence-corrected chi connectivity index (χ3v) is 4.03. The van der Waals surface area contributed by atoms with E-state index in [1.54, 1.807) is 48.5 Å². The van der Waals surface area contributed by atoms with Gasteiger partial charge in [-0.15, -0.1) is 0 Å². The molecule has 0 aromatic heterocycles. The third-order valence-electron chi connectivity index (χ3n) is 3.69. The Kier molecular flexibility index (Phi) is 7.19. The molecule has 0 saturated heterocycles. The van der Waals surface area contributed by atoms with Gasteiger partial charge in [0.15, 0.2) is 6.10 Å². The number of anilines is 1. The molecule has 0 radical (unpaired) electrons. The Bertz CT molecular complexity index is 814. The van der Waals surface area contributed by atoms with Crippen molar-refractivity contribution in [3.8, 4) is 0 Å². The number of para-hydroxylation sites is 1. The molecular weight excluding hydrogens is 370 g/mol. The number of ether oxygens (including phenoxy) is 1. The van der Waals surface area contributed by atoms with Gasteiger partial charge < -0.3 is 21.1 Å². The fraction of sp³-hybridized carbons (Fsp3) is 0.211. The number of amides is 3. The van der Waals surface area contributed by atoms with Crippen LogP contribution in [0.3, 0.4) is 0 Å².